The molecule has 24 heavy (non-hydrogen) atoms. The molecule has 0 radical (unpaired) electrons. The molecule has 0 unspecified atom stereocenters. The maximum Gasteiger partial charge on any atom is 0.268 e. The summed E-state index contributed by atoms with van der Waals surface area (Å²) in [5.41, 5.74) is 2.37. The Bertz CT molecular complexity index is 707. The standard InChI is InChI=1S/C18H24N4O2/c1-13-6-7-14(2)22(13)11-16(23)20-12-18(8-4-9-18)21-17(24)15-5-3-10-19-15/h3,5-7,10,19H,4,8-9,11-12H2,1-2H3,(H,20,23)(H,21,24). The molecule has 0 aliphatic heterocycles. The fourth-order valence-electron chi connectivity index (χ4n) is 3.15. The van der Waals surface area contributed by atoms with Crippen LogP contribution >= 0.6 is 0 Å². The summed E-state index contributed by atoms with van der Waals surface area (Å²) in [5.74, 6) is -0.149. The van der Waals surface area contributed by atoms with Gasteiger partial charge in [-0.15, -0.1) is 0 Å². The van der Waals surface area contributed by atoms with Crippen molar-refractivity contribution in [3.63, 3.8) is 0 Å². The second-order valence-electron chi connectivity index (χ2n) is 6.65. The lowest BCUT2D eigenvalue weighted by molar-refractivity contribution is -0.122. The molecule has 3 rings (SSSR count). The third-order valence-electron chi connectivity index (χ3n) is 4.87. The largest absolute Gasteiger partial charge is 0.357 e. The highest BCUT2D eigenvalue weighted by atomic mass is 16.2. The topological polar surface area (TPSA) is 78.9 Å². The van der Waals surface area contributed by atoms with Gasteiger partial charge in [0.2, 0.25) is 5.91 Å². The summed E-state index contributed by atoms with van der Waals surface area (Å²) in [6.07, 6.45) is 4.57. The molecule has 128 valence electrons. The van der Waals surface area contributed by atoms with Gasteiger partial charge in [0, 0.05) is 24.1 Å². The van der Waals surface area contributed by atoms with Crippen LogP contribution in [0.15, 0.2) is 30.5 Å². The number of aromatic amines is 1. The summed E-state index contributed by atoms with van der Waals surface area (Å²) in [5, 5.41) is 6.06. The van der Waals surface area contributed by atoms with Gasteiger partial charge in [-0.2, -0.15) is 0 Å². The van der Waals surface area contributed by atoms with Crippen LogP contribution in [-0.4, -0.2) is 33.4 Å². The molecular formula is C18H24N4O2. The smallest absolute Gasteiger partial charge is 0.268 e. The molecule has 0 bridgehead atoms. The first-order valence-electron chi connectivity index (χ1n) is 8.34. The van der Waals surface area contributed by atoms with Gasteiger partial charge in [-0.25, -0.2) is 0 Å². The third kappa shape index (κ3) is 3.37. The van der Waals surface area contributed by atoms with Crippen LogP contribution in [0.3, 0.4) is 0 Å². The number of H-pyrrole nitrogens is 1. The predicted molar refractivity (Wildman–Crippen MR) is 91.8 cm³/mol. The lowest BCUT2D eigenvalue weighted by atomic mass is 9.76. The molecule has 0 spiro atoms. The summed E-state index contributed by atoms with van der Waals surface area (Å²) >= 11 is 0. The number of carbonyl (C=O) groups excluding carboxylic acids is 2. The van der Waals surface area contributed by atoms with E-state index in [2.05, 4.69) is 15.6 Å². The zero-order valence-electron chi connectivity index (χ0n) is 14.2. The highest BCUT2D eigenvalue weighted by Crippen LogP contribution is 2.31. The monoisotopic (exact) mass is 328 g/mol. The molecule has 2 aromatic heterocycles. The van der Waals surface area contributed by atoms with E-state index in [4.69, 9.17) is 0 Å². The lowest BCUT2D eigenvalue weighted by Crippen LogP contribution is -2.60. The second kappa shape index (κ2) is 6.55. The molecule has 0 aromatic carbocycles. The van der Waals surface area contributed by atoms with Gasteiger partial charge in [-0.05, 0) is 57.4 Å². The molecule has 1 fully saturated rings. The van der Waals surface area contributed by atoms with Crippen LogP contribution in [0.25, 0.3) is 0 Å². The average molecular weight is 328 g/mol. The van der Waals surface area contributed by atoms with Crippen LogP contribution in [-0.2, 0) is 11.3 Å². The first-order chi connectivity index (χ1) is 11.5. The highest BCUT2D eigenvalue weighted by Gasteiger charge is 2.38. The van der Waals surface area contributed by atoms with Gasteiger partial charge in [0.25, 0.3) is 5.91 Å². The third-order valence-corrected chi connectivity index (χ3v) is 4.87. The quantitative estimate of drug-likeness (QED) is 0.757. The number of aromatic nitrogens is 2. The Hall–Kier alpha value is -2.50. The Morgan fingerprint density at radius 1 is 1.21 bits per heavy atom. The van der Waals surface area contributed by atoms with Crippen molar-refractivity contribution in [3.05, 3.63) is 47.5 Å². The van der Waals surface area contributed by atoms with Gasteiger partial charge in [0.1, 0.15) is 12.2 Å². The summed E-state index contributed by atoms with van der Waals surface area (Å²) in [4.78, 5) is 27.4. The van der Waals surface area contributed by atoms with Crippen LogP contribution in [0.5, 0.6) is 0 Å². The summed E-state index contributed by atoms with van der Waals surface area (Å²) in [6, 6.07) is 7.56. The van der Waals surface area contributed by atoms with Crippen LogP contribution in [0.4, 0.5) is 0 Å². The van der Waals surface area contributed by atoms with Gasteiger partial charge >= 0.3 is 0 Å². The van der Waals surface area contributed by atoms with Crippen molar-refractivity contribution in [2.45, 2.75) is 45.2 Å². The minimum atomic E-state index is -0.321. The number of nitrogens with zero attached hydrogens (tertiary/aromatic N) is 1. The SMILES string of the molecule is Cc1ccc(C)n1CC(=O)NCC1(NC(=O)c2ccc[nH]2)CCC1. The second-order valence-corrected chi connectivity index (χ2v) is 6.65. The van der Waals surface area contributed by atoms with Crippen molar-refractivity contribution in [1.29, 1.82) is 0 Å². The molecule has 6 nitrogen and oxygen atoms in total. The number of carbonyl (C=O) groups is 2. The molecule has 3 N–H and O–H groups in total. The number of rotatable bonds is 6. The molecule has 1 aliphatic carbocycles. The van der Waals surface area contributed by atoms with Crippen molar-refractivity contribution in [2.75, 3.05) is 6.54 Å². The van der Waals surface area contributed by atoms with Crippen LogP contribution in [0.2, 0.25) is 0 Å². The Kier molecular flexibility index (Phi) is 4.46. The molecule has 2 aromatic rings. The number of aryl methyl sites for hydroxylation is 2. The van der Waals surface area contributed by atoms with E-state index >= 15 is 0 Å². The summed E-state index contributed by atoms with van der Waals surface area (Å²) in [6.45, 7) is 4.76. The van der Waals surface area contributed by atoms with E-state index < -0.39 is 0 Å². The molecule has 2 heterocycles. The fourth-order valence-corrected chi connectivity index (χ4v) is 3.15. The van der Waals surface area contributed by atoms with Crippen molar-refractivity contribution in [1.82, 2.24) is 20.2 Å². The van der Waals surface area contributed by atoms with E-state index in [9.17, 15) is 9.59 Å². The molecule has 6 heteroatoms. The minimum absolute atomic E-state index is 0.0298. The maximum absolute atomic E-state index is 12.3. The number of amides is 2. The summed E-state index contributed by atoms with van der Waals surface area (Å²) in [7, 11) is 0. The van der Waals surface area contributed by atoms with Crippen LogP contribution in [0.1, 0.15) is 41.1 Å². The van der Waals surface area contributed by atoms with Gasteiger partial charge in [-0.3, -0.25) is 9.59 Å². The summed E-state index contributed by atoms with van der Waals surface area (Å²) < 4.78 is 1.99. The highest BCUT2D eigenvalue weighted by molar-refractivity contribution is 5.93. The number of nitrogens with one attached hydrogen (secondary N) is 3. The fraction of sp³-hybridized carbons (Fsp3) is 0.444. The Morgan fingerprint density at radius 2 is 1.92 bits per heavy atom. The van der Waals surface area contributed by atoms with Crippen molar-refractivity contribution < 1.29 is 9.59 Å². The molecule has 1 aliphatic rings. The maximum atomic E-state index is 12.3. The average Bonchev–Trinajstić information content (AvgIpc) is 3.15. The minimum Gasteiger partial charge on any atom is -0.357 e. The predicted octanol–water partition coefficient (Wildman–Crippen LogP) is 1.90. The lowest BCUT2D eigenvalue weighted by Gasteiger charge is -2.42. The van der Waals surface area contributed by atoms with Crippen LogP contribution in [0, 0.1) is 13.8 Å². The van der Waals surface area contributed by atoms with Gasteiger partial charge in [0.05, 0.1) is 5.54 Å². The van der Waals surface area contributed by atoms with Gasteiger partial charge in [0.15, 0.2) is 0 Å². The van der Waals surface area contributed by atoms with E-state index in [0.717, 1.165) is 30.7 Å². The van der Waals surface area contributed by atoms with Crippen molar-refractivity contribution in [3.8, 4) is 0 Å². The van der Waals surface area contributed by atoms with Crippen molar-refractivity contribution in [2.24, 2.45) is 0 Å². The number of hydrogen-bond acceptors (Lipinski definition) is 2. The molecular weight excluding hydrogens is 304 g/mol. The van der Waals surface area contributed by atoms with E-state index in [1.165, 1.54) is 0 Å². The normalized spacial score (nSPS) is 15.6. The zero-order chi connectivity index (χ0) is 17.2. The molecule has 0 saturated heterocycles. The first kappa shape index (κ1) is 16.4. The molecule has 0 atom stereocenters. The Morgan fingerprint density at radius 3 is 2.46 bits per heavy atom. The van der Waals surface area contributed by atoms with E-state index in [0.29, 0.717) is 18.8 Å². The zero-order valence-corrected chi connectivity index (χ0v) is 14.2. The van der Waals surface area contributed by atoms with E-state index in [-0.39, 0.29) is 17.4 Å². The van der Waals surface area contributed by atoms with Crippen LogP contribution < -0.4 is 10.6 Å². The van der Waals surface area contributed by atoms with E-state index in [1.807, 2.05) is 30.5 Å². The van der Waals surface area contributed by atoms with E-state index in [1.54, 1.807) is 18.3 Å². The molecule has 2 amide bonds. The Labute approximate surface area is 141 Å². The van der Waals surface area contributed by atoms with Crippen molar-refractivity contribution >= 4 is 11.8 Å². The Balaban J connectivity index is 1.56. The first-order valence-corrected chi connectivity index (χ1v) is 8.34. The number of hydrogen-bond donors (Lipinski definition) is 3. The van der Waals surface area contributed by atoms with Gasteiger partial charge < -0.3 is 20.2 Å². The molecule has 1 saturated carbocycles. The van der Waals surface area contributed by atoms with Gasteiger partial charge in [-0.1, -0.05) is 0 Å².